The quantitative estimate of drug-likeness (QED) is 0.633. The predicted octanol–water partition coefficient (Wildman–Crippen LogP) is 2.51. The van der Waals surface area contributed by atoms with Gasteiger partial charge >= 0.3 is 5.97 Å². The largest absolute Gasteiger partial charge is 0.494 e. The van der Waals surface area contributed by atoms with Crippen LogP contribution >= 0.6 is 15.9 Å². The first-order valence-corrected chi connectivity index (χ1v) is 5.37. The van der Waals surface area contributed by atoms with Crippen molar-refractivity contribution >= 4 is 21.9 Å². The molecule has 1 aromatic rings. The number of hydrogen-bond acceptors (Lipinski definition) is 4. The van der Waals surface area contributed by atoms with Crippen LogP contribution < -0.4 is 4.74 Å². The molecular formula is C10H10BrF2NO3. The molecule has 0 saturated carbocycles. The minimum absolute atomic E-state index is 0.0897. The first-order chi connectivity index (χ1) is 7.99. The molecule has 17 heavy (non-hydrogen) atoms. The lowest BCUT2D eigenvalue weighted by Crippen LogP contribution is -2.09. The number of nitrogens with zero attached hydrogens (tertiary/aromatic N) is 1. The Bertz CT molecular complexity index is 426. The molecular weight excluding hydrogens is 300 g/mol. The lowest BCUT2D eigenvalue weighted by Gasteiger charge is -2.10. The van der Waals surface area contributed by atoms with Crippen molar-refractivity contribution in [3.05, 3.63) is 21.9 Å². The third kappa shape index (κ3) is 3.36. The van der Waals surface area contributed by atoms with Crippen molar-refractivity contribution in [3.63, 3.8) is 0 Å². The normalized spacial score (nSPS) is 10.5. The molecule has 7 heteroatoms. The Hall–Kier alpha value is -1.24. The Morgan fingerprint density at radius 1 is 1.53 bits per heavy atom. The van der Waals surface area contributed by atoms with E-state index in [4.69, 9.17) is 4.74 Å². The predicted molar refractivity (Wildman–Crippen MR) is 59.2 cm³/mol. The SMILES string of the molecule is COC(=O)Cc1cc(OC)c(Br)nc1C(F)F. The highest BCUT2D eigenvalue weighted by Gasteiger charge is 2.20. The summed E-state index contributed by atoms with van der Waals surface area (Å²) in [5, 5.41) is 0. The van der Waals surface area contributed by atoms with Crippen molar-refractivity contribution < 1.29 is 23.0 Å². The van der Waals surface area contributed by atoms with Gasteiger partial charge in [-0.2, -0.15) is 0 Å². The molecule has 0 aliphatic heterocycles. The number of carbonyl (C=O) groups is 1. The van der Waals surface area contributed by atoms with Crippen molar-refractivity contribution in [1.29, 1.82) is 0 Å². The van der Waals surface area contributed by atoms with Gasteiger partial charge in [-0.05, 0) is 27.6 Å². The first-order valence-electron chi connectivity index (χ1n) is 4.57. The summed E-state index contributed by atoms with van der Waals surface area (Å²) in [6.07, 6.45) is -3.04. The van der Waals surface area contributed by atoms with Gasteiger partial charge < -0.3 is 9.47 Å². The molecule has 0 N–H and O–H groups in total. The summed E-state index contributed by atoms with van der Waals surface area (Å²) >= 11 is 3.01. The number of esters is 1. The molecule has 1 heterocycles. The number of methoxy groups -OCH3 is 2. The molecule has 0 aliphatic rings. The van der Waals surface area contributed by atoms with Gasteiger partial charge in [0.15, 0.2) is 5.75 Å². The average Bonchev–Trinajstić information content (AvgIpc) is 2.30. The molecule has 0 fully saturated rings. The van der Waals surface area contributed by atoms with E-state index in [2.05, 4.69) is 25.7 Å². The van der Waals surface area contributed by atoms with E-state index in [1.165, 1.54) is 20.3 Å². The van der Waals surface area contributed by atoms with Crippen LogP contribution in [-0.2, 0) is 16.0 Å². The topological polar surface area (TPSA) is 48.4 Å². The van der Waals surface area contributed by atoms with E-state index in [9.17, 15) is 13.6 Å². The fourth-order valence-corrected chi connectivity index (χ4v) is 1.69. The van der Waals surface area contributed by atoms with Crippen molar-refractivity contribution in [2.45, 2.75) is 12.8 Å². The minimum atomic E-state index is -2.77. The Balaban J connectivity index is 3.19. The highest BCUT2D eigenvalue weighted by molar-refractivity contribution is 9.10. The van der Waals surface area contributed by atoms with Crippen LogP contribution in [0.1, 0.15) is 17.7 Å². The van der Waals surface area contributed by atoms with E-state index in [-0.39, 0.29) is 22.3 Å². The molecule has 1 rings (SSSR count). The van der Waals surface area contributed by atoms with Gasteiger partial charge in [0.25, 0.3) is 6.43 Å². The molecule has 0 aromatic carbocycles. The number of alkyl halides is 2. The summed E-state index contributed by atoms with van der Waals surface area (Å²) < 4.78 is 35.0. The molecule has 4 nitrogen and oxygen atoms in total. The van der Waals surface area contributed by atoms with Crippen molar-refractivity contribution in [1.82, 2.24) is 4.98 Å². The number of rotatable bonds is 4. The number of carbonyl (C=O) groups excluding carboxylic acids is 1. The smallest absolute Gasteiger partial charge is 0.310 e. The lowest BCUT2D eigenvalue weighted by molar-refractivity contribution is -0.139. The Morgan fingerprint density at radius 3 is 2.65 bits per heavy atom. The van der Waals surface area contributed by atoms with Gasteiger partial charge in [0.2, 0.25) is 0 Å². The monoisotopic (exact) mass is 309 g/mol. The van der Waals surface area contributed by atoms with E-state index in [1.807, 2.05) is 0 Å². The highest BCUT2D eigenvalue weighted by atomic mass is 79.9. The Morgan fingerprint density at radius 2 is 2.18 bits per heavy atom. The van der Waals surface area contributed by atoms with Crippen molar-refractivity contribution in [2.24, 2.45) is 0 Å². The van der Waals surface area contributed by atoms with Gasteiger partial charge in [-0.3, -0.25) is 4.79 Å². The van der Waals surface area contributed by atoms with E-state index >= 15 is 0 Å². The number of halogens is 3. The zero-order chi connectivity index (χ0) is 13.0. The minimum Gasteiger partial charge on any atom is -0.494 e. The Labute approximate surface area is 105 Å². The number of pyridine rings is 1. The molecule has 0 saturated heterocycles. The molecule has 94 valence electrons. The van der Waals surface area contributed by atoms with Gasteiger partial charge in [0.1, 0.15) is 10.3 Å². The van der Waals surface area contributed by atoms with Crippen molar-refractivity contribution in [2.75, 3.05) is 14.2 Å². The average molecular weight is 310 g/mol. The lowest BCUT2D eigenvalue weighted by atomic mass is 10.1. The summed E-state index contributed by atoms with van der Waals surface area (Å²) in [7, 11) is 2.57. The van der Waals surface area contributed by atoms with E-state index in [0.29, 0.717) is 0 Å². The summed E-state index contributed by atoms with van der Waals surface area (Å²) in [5.41, 5.74) is -0.366. The van der Waals surface area contributed by atoms with Crippen LogP contribution in [0.3, 0.4) is 0 Å². The third-order valence-corrected chi connectivity index (χ3v) is 2.61. The van der Waals surface area contributed by atoms with Gasteiger partial charge in [0.05, 0.1) is 20.6 Å². The van der Waals surface area contributed by atoms with E-state index in [1.54, 1.807) is 0 Å². The summed E-state index contributed by atoms with van der Waals surface area (Å²) in [6, 6.07) is 1.34. The van der Waals surface area contributed by atoms with Crippen LogP contribution in [0.25, 0.3) is 0 Å². The zero-order valence-electron chi connectivity index (χ0n) is 9.17. The number of hydrogen-bond donors (Lipinski definition) is 0. The summed E-state index contributed by atoms with van der Waals surface area (Å²) in [5.74, 6) is -0.327. The second-order valence-electron chi connectivity index (χ2n) is 3.08. The third-order valence-electron chi connectivity index (χ3n) is 2.05. The molecule has 0 aliphatic carbocycles. The maximum atomic E-state index is 12.7. The van der Waals surface area contributed by atoms with Crippen molar-refractivity contribution in [3.8, 4) is 5.75 Å². The fraction of sp³-hybridized carbons (Fsp3) is 0.400. The van der Waals surface area contributed by atoms with Gasteiger partial charge in [0, 0.05) is 0 Å². The van der Waals surface area contributed by atoms with E-state index < -0.39 is 18.1 Å². The maximum absolute atomic E-state index is 12.7. The molecule has 1 aromatic heterocycles. The molecule has 0 amide bonds. The van der Waals surface area contributed by atoms with E-state index in [0.717, 1.165) is 0 Å². The van der Waals surface area contributed by atoms with Gasteiger partial charge in [-0.25, -0.2) is 13.8 Å². The van der Waals surface area contributed by atoms with Crippen LogP contribution in [0.15, 0.2) is 10.7 Å². The number of aromatic nitrogens is 1. The second-order valence-corrected chi connectivity index (χ2v) is 3.83. The van der Waals surface area contributed by atoms with Gasteiger partial charge in [-0.15, -0.1) is 0 Å². The van der Waals surface area contributed by atoms with Gasteiger partial charge in [-0.1, -0.05) is 0 Å². The molecule has 0 atom stereocenters. The van der Waals surface area contributed by atoms with Crippen LogP contribution in [0.4, 0.5) is 8.78 Å². The standard InChI is InChI=1S/C10H10BrF2NO3/c1-16-6-3-5(4-7(15)17-2)8(10(12)13)14-9(6)11/h3,10H,4H2,1-2H3. The fourth-order valence-electron chi connectivity index (χ4n) is 1.23. The molecule has 0 radical (unpaired) electrons. The van der Waals surface area contributed by atoms with Crippen LogP contribution in [0.2, 0.25) is 0 Å². The van der Waals surface area contributed by atoms with Crippen LogP contribution in [-0.4, -0.2) is 25.2 Å². The number of ether oxygens (including phenoxy) is 2. The molecule has 0 unspecified atom stereocenters. The van der Waals surface area contributed by atoms with Crippen LogP contribution in [0, 0.1) is 0 Å². The molecule has 0 spiro atoms. The highest BCUT2D eigenvalue weighted by Crippen LogP contribution is 2.30. The van der Waals surface area contributed by atoms with Crippen LogP contribution in [0.5, 0.6) is 5.75 Å². The Kier molecular flexibility index (Phi) is 4.80. The second kappa shape index (κ2) is 5.90. The maximum Gasteiger partial charge on any atom is 0.310 e. The summed E-state index contributed by atoms with van der Waals surface area (Å²) in [4.78, 5) is 14.8. The first kappa shape index (κ1) is 13.8. The zero-order valence-corrected chi connectivity index (χ0v) is 10.8. The summed E-state index contributed by atoms with van der Waals surface area (Å²) in [6.45, 7) is 0. The molecule has 0 bridgehead atoms.